The van der Waals surface area contributed by atoms with Crippen molar-refractivity contribution in [3.63, 3.8) is 0 Å². The van der Waals surface area contributed by atoms with Crippen molar-refractivity contribution >= 4 is 0 Å². The predicted octanol–water partition coefficient (Wildman–Crippen LogP) is 25.4. The van der Waals surface area contributed by atoms with Crippen molar-refractivity contribution in [1.82, 2.24) is 0 Å². The normalized spacial score (nSPS) is 10.5. The van der Waals surface area contributed by atoms with Gasteiger partial charge in [-0.1, -0.05) is 346 Å². The van der Waals surface area contributed by atoms with Crippen LogP contribution in [0.1, 0.15) is 286 Å². The molecule has 0 atom stereocenters. The lowest BCUT2D eigenvalue weighted by Crippen LogP contribution is -1.91. The number of allylic oxidation sites excluding steroid dienone is 1. The van der Waals surface area contributed by atoms with Crippen molar-refractivity contribution in [2.24, 2.45) is 0 Å². The van der Waals surface area contributed by atoms with Crippen LogP contribution in [-0.4, -0.2) is 0 Å². The zero-order valence-electron chi connectivity index (χ0n) is 54.0. The molecule has 0 N–H and O–H groups in total. The summed E-state index contributed by atoms with van der Waals surface area (Å²) in [4.78, 5) is 0. The van der Waals surface area contributed by atoms with Crippen LogP contribution in [0.15, 0.2) is 201 Å². The first-order valence-electron chi connectivity index (χ1n) is 29.9. The molecule has 0 aliphatic rings. The van der Waals surface area contributed by atoms with Gasteiger partial charge in [-0.05, 0) is 133 Å². The third-order valence-corrected chi connectivity index (χ3v) is 13.4. The molecule has 0 nitrogen and oxygen atoms in total. The molecule has 7 aromatic rings. The van der Waals surface area contributed by atoms with Gasteiger partial charge in [-0.25, -0.2) is 0 Å². The molecule has 426 valence electrons. The Balaban J connectivity index is 0.000000882. The molecule has 78 heavy (non-hydrogen) atoms. The van der Waals surface area contributed by atoms with Gasteiger partial charge in [-0.15, -0.1) is 6.58 Å². The van der Waals surface area contributed by atoms with Crippen molar-refractivity contribution in [3.05, 3.63) is 262 Å². The van der Waals surface area contributed by atoms with Crippen LogP contribution >= 0.6 is 0 Å². The molecule has 0 saturated carbocycles. The van der Waals surface area contributed by atoms with Crippen LogP contribution in [0.2, 0.25) is 0 Å². The van der Waals surface area contributed by atoms with E-state index in [-0.39, 0.29) is 0 Å². The van der Waals surface area contributed by atoms with Crippen LogP contribution in [0.4, 0.5) is 0 Å². The van der Waals surface area contributed by atoms with E-state index in [4.69, 9.17) is 0 Å². The van der Waals surface area contributed by atoms with E-state index in [0.29, 0.717) is 65.1 Å². The first-order valence-corrected chi connectivity index (χ1v) is 29.9. The van der Waals surface area contributed by atoms with Gasteiger partial charge >= 0.3 is 0 Å². The summed E-state index contributed by atoms with van der Waals surface area (Å²) in [5.74, 6) is 7.12. The Bertz CT molecular complexity index is 2160. The molecule has 0 amide bonds. The Labute approximate surface area is 483 Å². The maximum Gasteiger partial charge on any atom is -0.0219 e. The summed E-state index contributed by atoms with van der Waals surface area (Å²) in [6.07, 6.45) is 1.75. The lowest BCUT2D eigenvalue weighted by atomic mass is 9.96. The standard InChI is InChI=1S/4C12H18.3C9H12.C3H6/c2*1-9(2)11-5-7-12(8-6-11)10(3)4;2*1-9(2)11-6-5-7-12(8-11)10(3)4;3*1-8(2)9-6-4-3-5-7-9;1-3-2/h4*5-10H,1-4H3;3*3-8H,1-2H3;3H,1H2,2H3. The van der Waals surface area contributed by atoms with Gasteiger partial charge in [0.1, 0.15) is 0 Å². The van der Waals surface area contributed by atoms with Gasteiger partial charge in [0, 0.05) is 0 Å². The summed E-state index contributed by atoms with van der Waals surface area (Å²) in [7, 11) is 0. The summed E-state index contributed by atoms with van der Waals surface area (Å²) >= 11 is 0. The largest absolute Gasteiger partial charge is 0.103 e. The summed E-state index contributed by atoms with van der Waals surface area (Å²) < 4.78 is 0. The van der Waals surface area contributed by atoms with Gasteiger partial charge in [0.2, 0.25) is 0 Å². The molecule has 0 heteroatoms. The fourth-order valence-corrected chi connectivity index (χ4v) is 7.60. The molecular formula is C78H114. The third-order valence-electron chi connectivity index (χ3n) is 13.4. The van der Waals surface area contributed by atoms with Gasteiger partial charge < -0.3 is 0 Å². The van der Waals surface area contributed by atoms with E-state index in [1.807, 2.05) is 25.1 Å². The van der Waals surface area contributed by atoms with Gasteiger partial charge in [0.15, 0.2) is 0 Å². The van der Waals surface area contributed by atoms with E-state index >= 15 is 0 Å². The molecule has 0 fully saturated rings. The molecule has 0 aliphatic carbocycles. The van der Waals surface area contributed by atoms with E-state index < -0.39 is 0 Å². The smallest absolute Gasteiger partial charge is 0.0219 e. The Kier molecular flexibility index (Phi) is 38.3. The van der Waals surface area contributed by atoms with Crippen molar-refractivity contribution in [3.8, 4) is 0 Å². The van der Waals surface area contributed by atoms with Crippen LogP contribution in [0.3, 0.4) is 0 Å². The van der Waals surface area contributed by atoms with Gasteiger partial charge in [-0.3, -0.25) is 0 Å². The average molecular weight is 1050 g/mol. The lowest BCUT2D eigenvalue weighted by molar-refractivity contribution is 0.834. The second-order valence-electron chi connectivity index (χ2n) is 24.0. The zero-order valence-corrected chi connectivity index (χ0v) is 54.0. The van der Waals surface area contributed by atoms with Crippen molar-refractivity contribution in [1.29, 1.82) is 0 Å². The number of rotatable bonds is 11. The second kappa shape index (κ2) is 41.3. The highest BCUT2D eigenvalue weighted by Crippen LogP contribution is 2.23. The highest BCUT2D eigenvalue weighted by Gasteiger charge is 2.05. The quantitative estimate of drug-likeness (QED) is 0.113. The predicted molar refractivity (Wildman–Crippen MR) is 356 cm³/mol. The molecule has 0 saturated heterocycles. The number of hydrogen-bond acceptors (Lipinski definition) is 0. The molecule has 0 unspecified atom stereocenters. The topological polar surface area (TPSA) is 0 Å². The highest BCUT2D eigenvalue weighted by molar-refractivity contribution is 5.30. The first kappa shape index (κ1) is 72.3. The number of hydrogen-bond donors (Lipinski definition) is 0. The Morgan fingerprint density at radius 2 is 0.308 bits per heavy atom. The van der Waals surface area contributed by atoms with Crippen molar-refractivity contribution < 1.29 is 0 Å². The molecular weight excluding hydrogens is 937 g/mol. The van der Waals surface area contributed by atoms with Crippen LogP contribution in [-0.2, 0) is 0 Å². The lowest BCUT2D eigenvalue weighted by Gasteiger charge is -2.09. The maximum absolute atomic E-state index is 3.36. The SMILES string of the molecule is C=CC.CC(C)c1ccc(C(C)C)cc1.CC(C)c1ccc(C(C)C)cc1.CC(C)c1cccc(C(C)C)c1.CC(C)c1cccc(C(C)C)c1.CC(C)c1ccccc1.CC(C)c1ccccc1.CC(C)c1ccccc1. The van der Waals surface area contributed by atoms with Crippen LogP contribution in [0.5, 0.6) is 0 Å². The Morgan fingerprint density at radius 3 is 0.423 bits per heavy atom. The van der Waals surface area contributed by atoms with Gasteiger partial charge in [0.25, 0.3) is 0 Å². The molecule has 0 radical (unpaired) electrons. The van der Waals surface area contributed by atoms with Crippen molar-refractivity contribution in [2.75, 3.05) is 0 Å². The summed E-state index contributed by atoms with van der Waals surface area (Å²) in [5.41, 5.74) is 15.7. The second-order valence-corrected chi connectivity index (χ2v) is 24.0. The molecule has 0 aliphatic heterocycles. The molecule has 0 spiro atoms. The van der Waals surface area contributed by atoms with E-state index in [1.54, 1.807) is 6.08 Å². The summed E-state index contributed by atoms with van der Waals surface area (Å²) in [5, 5.41) is 0. The fraction of sp³-hybridized carbons (Fsp3) is 0.436. The minimum absolute atomic E-state index is 0.642. The Hall–Kier alpha value is -5.72. The monoisotopic (exact) mass is 1050 g/mol. The van der Waals surface area contributed by atoms with E-state index in [9.17, 15) is 0 Å². The summed E-state index contributed by atoms with van der Waals surface area (Å²) in [6, 6.07) is 67.2. The first-order chi connectivity index (χ1) is 36.8. The van der Waals surface area contributed by atoms with Crippen LogP contribution < -0.4 is 0 Å². The van der Waals surface area contributed by atoms with Crippen LogP contribution in [0.25, 0.3) is 0 Å². The minimum Gasteiger partial charge on any atom is -0.103 e. The number of benzene rings is 7. The minimum atomic E-state index is 0.642. The maximum atomic E-state index is 3.36. The summed E-state index contributed by atoms with van der Waals surface area (Å²) in [6.45, 7) is 54.2. The average Bonchev–Trinajstić information content (AvgIpc) is 3.43. The van der Waals surface area contributed by atoms with Gasteiger partial charge in [0.05, 0.1) is 0 Å². The molecule has 7 rings (SSSR count). The molecule has 0 heterocycles. The zero-order chi connectivity index (χ0) is 59.3. The van der Waals surface area contributed by atoms with Gasteiger partial charge in [-0.2, -0.15) is 0 Å². The van der Waals surface area contributed by atoms with E-state index in [1.165, 1.54) is 61.2 Å². The Morgan fingerprint density at radius 1 is 0.192 bits per heavy atom. The third kappa shape index (κ3) is 32.2. The molecule has 0 bridgehead atoms. The molecule has 7 aromatic carbocycles. The highest BCUT2D eigenvalue weighted by atomic mass is 14.1. The fourth-order valence-electron chi connectivity index (χ4n) is 7.60. The van der Waals surface area contributed by atoms with Crippen LogP contribution in [0, 0.1) is 0 Å². The van der Waals surface area contributed by atoms with E-state index in [2.05, 4.69) is 329 Å². The van der Waals surface area contributed by atoms with E-state index in [0.717, 1.165) is 0 Å². The van der Waals surface area contributed by atoms with Crippen molar-refractivity contribution in [2.45, 2.75) is 224 Å². The molecule has 0 aromatic heterocycles.